The summed E-state index contributed by atoms with van der Waals surface area (Å²) in [6.07, 6.45) is 25.4. The van der Waals surface area contributed by atoms with Gasteiger partial charge in [0.1, 0.15) is 0 Å². The maximum Gasteiger partial charge on any atom is -0.0318 e. The lowest BCUT2D eigenvalue weighted by Gasteiger charge is -2.12. The molecule has 0 nitrogen and oxygen atoms in total. The number of rotatable bonds is 18. The van der Waals surface area contributed by atoms with Crippen molar-refractivity contribution in [1.82, 2.24) is 0 Å². The van der Waals surface area contributed by atoms with Crippen LogP contribution in [0.3, 0.4) is 0 Å². The van der Waals surface area contributed by atoms with Gasteiger partial charge in [-0.1, -0.05) is 115 Å². The molecule has 0 aliphatic heterocycles. The van der Waals surface area contributed by atoms with E-state index in [1.165, 1.54) is 116 Å². The molecule has 0 spiro atoms. The molecule has 0 aromatic heterocycles. The van der Waals surface area contributed by atoms with Gasteiger partial charge in [-0.2, -0.15) is 0 Å². The van der Waals surface area contributed by atoms with Crippen molar-refractivity contribution in [2.45, 2.75) is 143 Å². The van der Waals surface area contributed by atoms with Crippen LogP contribution in [0, 0.1) is 0 Å². The fraction of sp³-hybridized carbons (Fsp3) is 0.917. The summed E-state index contributed by atoms with van der Waals surface area (Å²) in [6, 6.07) is 0. The van der Waals surface area contributed by atoms with Gasteiger partial charge in [0.05, 0.1) is 0 Å². The molecular formula is C24H48. The van der Waals surface area contributed by atoms with Crippen LogP contribution in [-0.4, -0.2) is 0 Å². The molecule has 0 fully saturated rings. The molecule has 0 amide bonds. The molecule has 0 unspecified atom stereocenters. The second-order valence-electron chi connectivity index (χ2n) is 7.88. The maximum atomic E-state index is 2.42. The van der Waals surface area contributed by atoms with Crippen molar-refractivity contribution in [2.24, 2.45) is 0 Å². The number of unbranched alkanes of at least 4 members (excludes halogenated alkanes) is 12. The molecule has 0 bridgehead atoms. The zero-order chi connectivity index (χ0) is 17.9. The molecule has 0 aliphatic rings. The van der Waals surface area contributed by atoms with E-state index in [2.05, 4.69) is 27.7 Å². The first-order valence-corrected chi connectivity index (χ1v) is 11.4. The third-order valence-corrected chi connectivity index (χ3v) is 5.39. The van der Waals surface area contributed by atoms with Gasteiger partial charge in [-0.15, -0.1) is 0 Å². The molecule has 0 aromatic carbocycles. The largest absolute Gasteiger partial charge is 0.0741 e. The van der Waals surface area contributed by atoms with E-state index in [0.29, 0.717) is 0 Å². The highest BCUT2D eigenvalue weighted by molar-refractivity contribution is 5.12. The second kappa shape index (κ2) is 19.1. The van der Waals surface area contributed by atoms with Crippen molar-refractivity contribution in [3.05, 3.63) is 11.1 Å². The monoisotopic (exact) mass is 336 g/mol. The zero-order valence-electron chi connectivity index (χ0n) is 17.7. The third kappa shape index (κ3) is 15.3. The fourth-order valence-electron chi connectivity index (χ4n) is 3.67. The Kier molecular flexibility index (Phi) is 18.9. The summed E-state index contributed by atoms with van der Waals surface area (Å²) in [4.78, 5) is 0. The van der Waals surface area contributed by atoms with Gasteiger partial charge in [0.25, 0.3) is 0 Å². The number of hydrogen-bond donors (Lipinski definition) is 0. The Bertz CT molecular complexity index is 274. The summed E-state index contributed by atoms with van der Waals surface area (Å²) in [5.41, 5.74) is 3.53. The van der Waals surface area contributed by atoms with Gasteiger partial charge in [-0.25, -0.2) is 0 Å². The van der Waals surface area contributed by atoms with Crippen LogP contribution < -0.4 is 0 Å². The van der Waals surface area contributed by atoms with Crippen molar-refractivity contribution in [3.8, 4) is 0 Å². The quantitative estimate of drug-likeness (QED) is 0.173. The summed E-state index contributed by atoms with van der Waals surface area (Å²) in [7, 11) is 0. The summed E-state index contributed by atoms with van der Waals surface area (Å²) < 4.78 is 0. The van der Waals surface area contributed by atoms with Gasteiger partial charge in [-0.05, 0) is 39.0 Å². The van der Waals surface area contributed by atoms with Crippen LogP contribution in [0.2, 0.25) is 0 Å². The van der Waals surface area contributed by atoms with Gasteiger partial charge in [0.15, 0.2) is 0 Å². The number of hydrogen-bond acceptors (Lipinski definition) is 0. The third-order valence-electron chi connectivity index (χ3n) is 5.39. The minimum Gasteiger partial charge on any atom is -0.0741 e. The van der Waals surface area contributed by atoms with Crippen LogP contribution in [0.25, 0.3) is 0 Å². The van der Waals surface area contributed by atoms with E-state index >= 15 is 0 Å². The molecule has 0 atom stereocenters. The van der Waals surface area contributed by atoms with E-state index in [4.69, 9.17) is 0 Å². The molecule has 0 heteroatoms. The standard InChI is InChI=1S/C24H48/c1-5-8-10-12-14-15-16-18-21-23(4)24(20-7-3)22-19-17-13-11-9-6-2/h5-22H2,1-4H3/b24-23-. The molecule has 0 rings (SSSR count). The highest BCUT2D eigenvalue weighted by atomic mass is 14.1. The Hall–Kier alpha value is -0.260. The minimum absolute atomic E-state index is 1.32. The fourth-order valence-corrected chi connectivity index (χ4v) is 3.67. The maximum absolute atomic E-state index is 2.42. The molecular weight excluding hydrogens is 288 g/mol. The predicted octanol–water partition coefficient (Wildman–Crippen LogP) is 9.38. The molecule has 0 N–H and O–H groups in total. The Morgan fingerprint density at radius 3 is 1.29 bits per heavy atom. The molecule has 0 aromatic rings. The zero-order valence-corrected chi connectivity index (χ0v) is 17.7. The summed E-state index contributed by atoms with van der Waals surface area (Å²) >= 11 is 0. The van der Waals surface area contributed by atoms with Crippen LogP contribution >= 0.6 is 0 Å². The van der Waals surface area contributed by atoms with Gasteiger partial charge in [-0.3, -0.25) is 0 Å². The topological polar surface area (TPSA) is 0 Å². The van der Waals surface area contributed by atoms with Crippen LogP contribution in [0.15, 0.2) is 11.1 Å². The Balaban J connectivity index is 3.82. The van der Waals surface area contributed by atoms with Crippen molar-refractivity contribution in [1.29, 1.82) is 0 Å². The first-order chi connectivity index (χ1) is 11.8. The Morgan fingerprint density at radius 2 is 0.833 bits per heavy atom. The molecule has 144 valence electrons. The van der Waals surface area contributed by atoms with Crippen LogP contribution in [0.5, 0.6) is 0 Å². The van der Waals surface area contributed by atoms with Gasteiger partial charge in [0, 0.05) is 0 Å². The van der Waals surface area contributed by atoms with Crippen molar-refractivity contribution in [3.63, 3.8) is 0 Å². The smallest absolute Gasteiger partial charge is 0.0318 e. The van der Waals surface area contributed by atoms with Crippen molar-refractivity contribution >= 4 is 0 Å². The first-order valence-electron chi connectivity index (χ1n) is 11.4. The van der Waals surface area contributed by atoms with E-state index in [1.54, 1.807) is 11.1 Å². The van der Waals surface area contributed by atoms with E-state index in [0.717, 1.165) is 0 Å². The highest BCUT2D eigenvalue weighted by Crippen LogP contribution is 2.23. The lowest BCUT2D eigenvalue weighted by atomic mass is 9.94. The van der Waals surface area contributed by atoms with E-state index in [-0.39, 0.29) is 0 Å². The summed E-state index contributed by atoms with van der Waals surface area (Å²) in [5, 5.41) is 0. The number of allylic oxidation sites excluding steroid dienone is 2. The van der Waals surface area contributed by atoms with Gasteiger partial charge >= 0.3 is 0 Å². The normalized spacial score (nSPS) is 12.5. The van der Waals surface area contributed by atoms with Crippen molar-refractivity contribution < 1.29 is 0 Å². The van der Waals surface area contributed by atoms with Crippen LogP contribution in [-0.2, 0) is 0 Å². The molecule has 0 radical (unpaired) electrons. The van der Waals surface area contributed by atoms with Gasteiger partial charge < -0.3 is 0 Å². The SMILES string of the molecule is CCCCCCCCCC/C(C)=C(/CCC)CCCCCCCC. The molecule has 0 saturated carbocycles. The lowest BCUT2D eigenvalue weighted by molar-refractivity contribution is 0.571. The highest BCUT2D eigenvalue weighted by Gasteiger charge is 2.03. The van der Waals surface area contributed by atoms with E-state index in [9.17, 15) is 0 Å². The molecule has 0 heterocycles. The lowest BCUT2D eigenvalue weighted by Crippen LogP contribution is -1.92. The Morgan fingerprint density at radius 1 is 0.417 bits per heavy atom. The van der Waals surface area contributed by atoms with Crippen LogP contribution in [0.4, 0.5) is 0 Å². The van der Waals surface area contributed by atoms with E-state index in [1.807, 2.05) is 0 Å². The minimum atomic E-state index is 1.32. The molecule has 0 aliphatic carbocycles. The predicted molar refractivity (Wildman–Crippen MR) is 113 cm³/mol. The first kappa shape index (κ1) is 23.7. The second-order valence-corrected chi connectivity index (χ2v) is 7.88. The molecule has 0 saturated heterocycles. The summed E-state index contributed by atoms with van der Waals surface area (Å²) in [6.45, 7) is 9.36. The average Bonchev–Trinajstić information content (AvgIpc) is 2.59. The Labute approximate surface area is 154 Å². The van der Waals surface area contributed by atoms with Crippen LogP contribution in [0.1, 0.15) is 143 Å². The average molecular weight is 337 g/mol. The van der Waals surface area contributed by atoms with Gasteiger partial charge in [0.2, 0.25) is 0 Å². The van der Waals surface area contributed by atoms with Crippen molar-refractivity contribution in [2.75, 3.05) is 0 Å². The van der Waals surface area contributed by atoms with E-state index < -0.39 is 0 Å². The summed E-state index contributed by atoms with van der Waals surface area (Å²) in [5.74, 6) is 0. The molecule has 24 heavy (non-hydrogen) atoms.